The number of aliphatic hydroxyl groups is 1. The number of hydrogen-bond donors (Lipinski definition) is 4. The van der Waals surface area contributed by atoms with E-state index in [0.717, 1.165) is 36.8 Å². The molecule has 238 valence electrons. The van der Waals surface area contributed by atoms with E-state index in [0.29, 0.717) is 29.4 Å². The number of para-hydroxylation sites is 1. The molecule has 3 unspecified atom stereocenters. The van der Waals surface area contributed by atoms with Crippen molar-refractivity contribution in [3.8, 4) is 5.75 Å². The summed E-state index contributed by atoms with van der Waals surface area (Å²) in [5.74, 6) is -0.995. The second kappa shape index (κ2) is 13.6. The van der Waals surface area contributed by atoms with E-state index in [2.05, 4.69) is 10.6 Å². The van der Waals surface area contributed by atoms with Crippen LogP contribution in [0.3, 0.4) is 0 Å². The summed E-state index contributed by atoms with van der Waals surface area (Å²) in [4.78, 5) is 38.6. The Morgan fingerprint density at radius 3 is 2.49 bits per heavy atom. The minimum Gasteiger partial charge on any atom is -0.508 e. The smallest absolute Gasteiger partial charge is 0.338 e. The van der Waals surface area contributed by atoms with Gasteiger partial charge in [0.05, 0.1) is 12.2 Å². The molecule has 10 nitrogen and oxygen atoms in total. The number of phenols is 1. The Kier molecular flexibility index (Phi) is 9.34. The van der Waals surface area contributed by atoms with Crippen LogP contribution in [0.2, 0.25) is 0 Å². The molecule has 4 aliphatic rings. The number of phenolic OH excluding ortho intramolecular Hbond substituents is 1. The van der Waals surface area contributed by atoms with Gasteiger partial charge in [-0.15, -0.1) is 0 Å². The highest BCUT2D eigenvalue weighted by Crippen LogP contribution is 2.59. The van der Waals surface area contributed by atoms with Gasteiger partial charge in [0.15, 0.2) is 5.79 Å². The molecular weight excluding hydrogens is 576 g/mol. The summed E-state index contributed by atoms with van der Waals surface area (Å²) in [7, 11) is 0. The number of aliphatic hydroxyl groups excluding tert-OH is 1. The molecule has 10 heteroatoms. The minimum absolute atomic E-state index is 0.0763. The number of hydrogen-bond acceptors (Lipinski definition) is 8. The number of nitrogens with one attached hydrogen (secondary N) is 2. The second-order valence-corrected chi connectivity index (χ2v) is 12.2. The molecule has 45 heavy (non-hydrogen) atoms. The van der Waals surface area contributed by atoms with E-state index in [9.17, 15) is 19.5 Å². The molecule has 1 aliphatic heterocycles. The van der Waals surface area contributed by atoms with Gasteiger partial charge >= 0.3 is 5.97 Å². The van der Waals surface area contributed by atoms with E-state index in [1.54, 1.807) is 36.4 Å². The summed E-state index contributed by atoms with van der Waals surface area (Å²) in [6.45, 7) is 0.133. The van der Waals surface area contributed by atoms with Gasteiger partial charge in [-0.05, 0) is 67.5 Å². The summed E-state index contributed by atoms with van der Waals surface area (Å²) in [5, 5.41) is 24.3. The Morgan fingerprint density at radius 2 is 1.76 bits per heavy atom. The van der Waals surface area contributed by atoms with Crippen molar-refractivity contribution in [2.24, 2.45) is 11.8 Å². The number of amides is 2. The van der Waals surface area contributed by atoms with Gasteiger partial charge in [-0.25, -0.2) is 4.79 Å². The third-order valence-electron chi connectivity index (χ3n) is 8.79. The largest absolute Gasteiger partial charge is 0.508 e. The lowest BCUT2D eigenvalue weighted by molar-refractivity contribution is -0.209. The summed E-state index contributed by atoms with van der Waals surface area (Å²) in [5.41, 5.74) is 2.42. The van der Waals surface area contributed by atoms with Crippen LogP contribution in [0.5, 0.6) is 5.75 Å². The van der Waals surface area contributed by atoms with Crippen LogP contribution in [-0.4, -0.2) is 71.8 Å². The van der Waals surface area contributed by atoms with Gasteiger partial charge in [0.25, 0.3) is 0 Å². The van der Waals surface area contributed by atoms with Crippen molar-refractivity contribution in [2.45, 2.75) is 69.0 Å². The molecule has 4 N–H and O–H groups in total. The molecule has 0 radical (unpaired) electrons. The number of benzene rings is 2. The molecule has 1 saturated heterocycles. The van der Waals surface area contributed by atoms with E-state index < -0.39 is 30.1 Å². The number of carbonyl (C=O) groups excluding carboxylic acids is 3. The van der Waals surface area contributed by atoms with Gasteiger partial charge in [-0.2, -0.15) is 0 Å². The highest BCUT2D eigenvalue weighted by molar-refractivity contribution is 5.94. The molecule has 2 aromatic rings. The Hall–Kier alpha value is -3.99. The Balaban J connectivity index is 1.14. The van der Waals surface area contributed by atoms with Gasteiger partial charge in [-0.1, -0.05) is 42.5 Å². The fourth-order valence-electron chi connectivity index (χ4n) is 6.24. The third kappa shape index (κ3) is 7.30. The summed E-state index contributed by atoms with van der Waals surface area (Å²) >= 11 is 0. The van der Waals surface area contributed by atoms with Crippen molar-refractivity contribution in [1.29, 1.82) is 0 Å². The quantitative estimate of drug-likeness (QED) is 0.251. The van der Waals surface area contributed by atoms with E-state index in [1.165, 1.54) is 0 Å². The van der Waals surface area contributed by atoms with Crippen LogP contribution in [-0.2, 0) is 30.2 Å². The van der Waals surface area contributed by atoms with Crippen LogP contribution in [0.1, 0.15) is 60.0 Å². The van der Waals surface area contributed by atoms with Crippen LogP contribution in [0.4, 0.5) is 0 Å². The van der Waals surface area contributed by atoms with Crippen molar-refractivity contribution < 1.29 is 38.8 Å². The Labute approximate surface area is 262 Å². The lowest BCUT2D eigenvalue weighted by atomic mass is 9.91. The van der Waals surface area contributed by atoms with Crippen LogP contribution < -0.4 is 10.6 Å². The number of ether oxygens (including phenoxy) is 3. The van der Waals surface area contributed by atoms with E-state index in [4.69, 9.17) is 19.3 Å². The van der Waals surface area contributed by atoms with Crippen LogP contribution in [0, 0.1) is 11.8 Å². The average molecular weight is 617 g/mol. The molecule has 0 bridgehead atoms. The maximum atomic E-state index is 13.5. The molecule has 2 saturated carbocycles. The zero-order chi connectivity index (χ0) is 31.4. The molecule has 0 aromatic heterocycles. The first-order valence-electron chi connectivity index (χ1n) is 15.8. The standard InChI is InChI=1S/C35H40N2O8/c38-18-17-36-31(40)15-16-37-33(41)25-20-29(32-30(21-25)44-35(45-32,26-11-12-26)27-13-14-27)43-34(42)24-9-4-6-22(19-24)5-3-8-23-7-1-2-10-28(23)39/h1-7,9-10,19,21,26-27,29-30,32,38-39H,8,11-18,20H2,(H,36,40)(H,37,41). The molecule has 3 aliphatic carbocycles. The van der Waals surface area contributed by atoms with Gasteiger partial charge < -0.3 is 35.1 Å². The lowest BCUT2D eigenvalue weighted by Crippen LogP contribution is -2.44. The van der Waals surface area contributed by atoms with Crippen molar-refractivity contribution in [3.05, 3.63) is 82.9 Å². The normalized spacial score (nSPS) is 23.7. The van der Waals surface area contributed by atoms with E-state index >= 15 is 0 Å². The first-order chi connectivity index (χ1) is 21.9. The van der Waals surface area contributed by atoms with Gasteiger partial charge in [-0.3, -0.25) is 9.59 Å². The Bertz CT molecular complexity index is 1470. The van der Waals surface area contributed by atoms with E-state index in [-0.39, 0.29) is 50.1 Å². The van der Waals surface area contributed by atoms with Crippen LogP contribution in [0.15, 0.2) is 66.3 Å². The number of rotatable bonds is 13. The summed E-state index contributed by atoms with van der Waals surface area (Å²) < 4.78 is 19.4. The fourth-order valence-corrected chi connectivity index (χ4v) is 6.24. The first kappa shape index (κ1) is 31.0. The number of esters is 1. The van der Waals surface area contributed by atoms with Gasteiger partial charge in [0.2, 0.25) is 11.8 Å². The molecule has 2 amide bonds. The molecule has 6 rings (SSSR count). The minimum atomic E-state index is -0.735. The lowest BCUT2D eigenvalue weighted by Gasteiger charge is -2.31. The topological polar surface area (TPSA) is 143 Å². The molecule has 3 atom stereocenters. The predicted octanol–water partition coefficient (Wildman–Crippen LogP) is 3.42. The number of allylic oxidation sites excluding steroid dienone is 1. The molecule has 0 spiro atoms. The van der Waals surface area contributed by atoms with Crippen molar-refractivity contribution >= 4 is 23.9 Å². The summed E-state index contributed by atoms with van der Waals surface area (Å²) in [6.07, 6.45) is 8.70. The maximum absolute atomic E-state index is 13.5. The van der Waals surface area contributed by atoms with Gasteiger partial charge in [0.1, 0.15) is 24.1 Å². The number of aromatic hydroxyl groups is 1. The van der Waals surface area contributed by atoms with Crippen LogP contribution >= 0.6 is 0 Å². The van der Waals surface area contributed by atoms with E-state index in [1.807, 2.05) is 30.4 Å². The second-order valence-electron chi connectivity index (χ2n) is 12.2. The molecular formula is C35H40N2O8. The van der Waals surface area contributed by atoms with Crippen molar-refractivity contribution in [1.82, 2.24) is 10.6 Å². The maximum Gasteiger partial charge on any atom is 0.338 e. The summed E-state index contributed by atoms with van der Waals surface area (Å²) in [6, 6.07) is 14.3. The molecule has 1 heterocycles. The SMILES string of the molecule is O=C(CCNC(=O)C1=CC2OC(C3CC3)(C3CC3)OC2C(OC(=O)c2cccc(C=CCc3ccccc3O)c2)C1)NCCO. The third-order valence-corrected chi connectivity index (χ3v) is 8.79. The zero-order valence-electron chi connectivity index (χ0n) is 25.2. The van der Waals surface area contributed by atoms with Gasteiger partial charge in [0, 0.05) is 43.3 Å². The fraction of sp³-hybridized carbons (Fsp3) is 0.457. The zero-order valence-corrected chi connectivity index (χ0v) is 25.2. The monoisotopic (exact) mass is 616 g/mol. The Morgan fingerprint density at radius 1 is 0.978 bits per heavy atom. The molecule has 2 aromatic carbocycles. The highest BCUT2D eigenvalue weighted by atomic mass is 16.8. The van der Waals surface area contributed by atoms with Crippen molar-refractivity contribution in [3.63, 3.8) is 0 Å². The van der Waals surface area contributed by atoms with Crippen molar-refractivity contribution in [2.75, 3.05) is 19.7 Å². The number of carbonyl (C=O) groups is 3. The highest BCUT2D eigenvalue weighted by Gasteiger charge is 2.64. The predicted molar refractivity (Wildman–Crippen MR) is 165 cm³/mol. The average Bonchev–Trinajstić information content (AvgIpc) is 3.98. The first-order valence-corrected chi connectivity index (χ1v) is 15.8. The van der Waals surface area contributed by atoms with Crippen LogP contribution in [0.25, 0.3) is 6.08 Å². The molecule has 3 fully saturated rings. The number of fused-ring (bicyclic) bond motifs is 1.